The lowest BCUT2D eigenvalue weighted by atomic mass is 9.81. The standard InChI is InChI=1S/C12H14ClNO/c1-3-12(8-13)9-6-4-5-7-10(9)14(2)11(12)15/h4-7H,3,8H2,1-2H3/t12-/m0/s1. The van der Waals surface area contributed by atoms with E-state index in [4.69, 9.17) is 11.6 Å². The van der Waals surface area contributed by atoms with Gasteiger partial charge in [0.05, 0.1) is 5.41 Å². The minimum Gasteiger partial charge on any atom is -0.314 e. The van der Waals surface area contributed by atoms with Crippen molar-refractivity contribution in [2.75, 3.05) is 17.8 Å². The number of benzene rings is 1. The zero-order valence-corrected chi connectivity index (χ0v) is 9.71. The first-order valence-electron chi connectivity index (χ1n) is 5.11. The number of hydrogen-bond donors (Lipinski definition) is 0. The Bertz CT molecular complexity index is 398. The third-order valence-electron chi connectivity index (χ3n) is 3.33. The lowest BCUT2D eigenvalue weighted by Crippen LogP contribution is -2.39. The second-order valence-electron chi connectivity index (χ2n) is 3.95. The van der Waals surface area contributed by atoms with E-state index in [1.807, 2.05) is 38.2 Å². The third-order valence-corrected chi connectivity index (χ3v) is 3.78. The summed E-state index contributed by atoms with van der Waals surface area (Å²) in [6, 6.07) is 7.88. The summed E-state index contributed by atoms with van der Waals surface area (Å²) in [7, 11) is 1.81. The predicted molar refractivity (Wildman–Crippen MR) is 62.5 cm³/mol. The molecule has 0 N–H and O–H groups in total. The van der Waals surface area contributed by atoms with Crippen molar-refractivity contribution >= 4 is 23.2 Å². The fraction of sp³-hybridized carbons (Fsp3) is 0.417. The molecule has 1 aliphatic rings. The highest BCUT2D eigenvalue weighted by molar-refractivity contribution is 6.23. The van der Waals surface area contributed by atoms with E-state index in [0.29, 0.717) is 5.88 Å². The van der Waals surface area contributed by atoms with Gasteiger partial charge in [0.25, 0.3) is 0 Å². The molecule has 0 spiro atoms. The molecule has 1 aromatic carbocycles. The highest BCUT2D eigenvalue weighted by Crippen LogP contribution is 2.43. The number of nitrogens with zero attached hydrogens (tertiary/aromatic N) is 1. The van der Waals surface area contributed by atoms with Crippen molar-refractivity contribution in [3.8, 4) is 0 Å². The molecule has 1 heterocycles. The third kappa shape index (κ3) is 1.21. The summed E-state index contributed by atoms with van der Waals surface area (Å²) in [6.07, 6.45) is 0.747. The summed E-state index contributed by atoms with van der Waals surface area (Å²) in [6.45, 7) is 2.01. The van der Waals surface area contributed by atoms with Crippen LogP contribution in [0.3, 0.4) is 0 Å². The molecule has 80 valence electrons. The second-order valence-corrected chi connectivity index (χ2v) is 4.22. The monoisotopic (exact) mass is 223 g/mol. The molecule has 1 aromatic rings. The number of alkyl halides is 1. The molecule has 0 unspecified atom stereocenters. The number of likely N-dealkylation sites (N-methyl/N-ethyl adjacent to an activating group) is 1. The number of anilines is 1. The smallest absolute Gasteiger partial charge is 0.238 e. The molecule has 0 radical (unpaired) electrons. The van der Waals surface area contributed by atoms with Gasteiger partial charge in [-0.3, -0.25) is 4.79 Å². The maximum atomic E-state index is 12.2. The molecule has 1 amide bonds. The number of hydrogen-bond acceptors (Lipinski definition) is 1. The van der Waals surface area contributed by atoms with Crippen LogP contribution in [0.15, 0.2) is 24.3 Å². The zero-order chi connectivity index (χ0) is 11.1. The number of halogens is 1. The molecule has 1 aliphatic heterocycles. The number of para-hydroxylation sites is 1. The Labute approximate surface area is 94.8 Å². The van der Waals surface area contributed by atoms with Crippen LogP contribution in [0.2, 0.25) is 0 Å². The Morgan fingerprint density at radius 1 is 1.40 bits per heavy atom. The first-order valence-corrected chi connectivity index (χ1v) is 5.64. The predicted octanol–water partition coefficient (Wildman–Crippen LogP) is 2.55. The lowest BCUT2D eigenvalue weighted by molar-refractivity contribution is -0.122. The van der Waals surface area contributed by atoms with Gasteiger partial charge in [-0.1, -0.05) is 25.1 Å². The molecule has 2 rings (SSSR count). The summed E-state index contributed by atoms with van der Waals surface area (Å²) in [5.74, 6) is 0.463. The van der Waals surface area contributed by atoms with Crippen molar-refractivity contribution in [3.05, 3.63) is 29.8 Å². The Balaban J connectivity index is 2.65. The molecular formula is C12H14ClNO. The van der Waals surface area contributed by atoms with E-state index < -0.39 is 5.41 Å². The summed E-state index contributed by atoms with van der Waals surface area (Å²) in [5, 5.41) is 0. The zero-order valence-electron chi connectivity index (χ0n) is 8.96. The minimum atomic E-state index is -0.507. The van der Waals surface area contributed by atoms with E-state index in [2.05, 4.69) is 0 Å². The topological polar surface area (TPSA) is 20.3 Å². The van der Waals surface area contributed by atoms with Crippen molar-refractivity contribution < 1.29 is 4.79 Å². The molecule has 3 heteroatoms. The molecule has 15 heavy (non-hydrogen) atoms. The lowest BCUT2D eigenvalue weighted by Gasteiger charge is -2.23. The van der Waals surface area contributed by atoms with Crippen molar-refractivity contribution in [1.82, 2.24) is 0 Å². The van der Waals surface area contributed by atoms with Gasteiger partial charge in [0.2, 0.25) is 5.91 Å². The highest BCUT2D eigenvalue weighted by atomic mass is 35.5. The quantitative estimate of drug-likeness (QED) is 0.706. The van der Waals surface area contributed by atoms with Gasteiger partial charge in [0, 0.05) is 18.6 Å². The highest BCUT2D eigenvalue weighted by Gasteiger charge is 2.47. The minimum absolute atomic E-state index is 0.112. The first kappa shape index (κ1) is 10.5. The number of carbonyl (C=O) groups is 1. The van der Waals surface area contributed by atoms with Gasteiger partial charge in [-0.05, 0) is 18.1 Å². The van der Waals surface area contributed by atoms with Crippen LogP contribution in [0.5, 0.6) is 0 Å². The van der Waals surface area contributed by atoms with Gasteiger partial charge in [-0.2, -0.15) is 0 Å². The van der Waals surface area contributed by atoms with E-state index in [1.165, 1.54) is 0 Å². The van der Waals surface area contributed by atoms with Gasteiger partial charge in [-0.15, -0.1) is 11.6 Å². The van der Waals surface area contributed by atoms with Crippen molar-refractivity contribution in [3.63, 3.8) is 0 Å². The molecule has 0 bridgehead atoms. The summed E-state index contributed by atoms with van der Waals surface area (Å²) < 4.78 is 0. The van der Waals surface area contributed by atoms with E-state index in [9.17, 15) is 4.79 Å². The largest absolute Gasteiger partial charge is 0.314 e. The molecule has 2 nitrogen and oxygen atoms in total. The van der Waals surface area contributed by atoms with Crippen molar-refractivity contribution in [2.45, 2.75) is 18.8 Å². The number of carbonyl (C=O) groups excluding carboxylic acids is 1. The van der Waals surface area contributed by atoms with Crippen molar-refractivity contribution in [2.24, 2.45) is 0 Å². The number of amides is 1. The van der Waals surface area contributed by atoms with Crippen LogP contribution in [0.4, 0.5) is 5.69 Å². The van der Waals surface area contributed by atoms with Crippen LogP contribution < -0.4 is 4.90 Å². The molecule has 0 aromatic heterocycles. The Hall–Kier alpha value is -1.02. The van der Waals surface area contributed by atoms with E-state index in [0.717, 1.165) is 17.7 Å². The Morgan fingerprint density at radius 2 is 2.07 bits per heavy atom. The van der Waals surface area contributed by atoms with Crippen LogP contribution in [0.1, 0.15) is 18.9 Å². The number of fused-ring (bicyclic) bond motifs is 1. The first-order chi connectivity index (χ1) is 7.17. The van der Waals surface area contributed by atoms with E-state index >= 15 is 0 Å². The fourth-order valence-corrected chi connectivity index (χ4v) is 2.73. The van der Waals surface area contributed by atoms with Crippen molar-refractivity contribution in [1.29, 1.82) is 0 Å². The molecule has 1 atom stereocenters. The summed E-state index contributed by atoms with van der Waals surface area (Å²) in [4.78, 5) is 13.9. The summed E-state index contributed by atoms with van der Waals surface area (Å²) in [5.41, 5.74) is 1.55. The van der Waals surface area contributed by atoms with Gasteiger partial charge in [0.15, 0.2) is 0 Å². The van der Waals surface area contributed by atoms with Gasteiger partial charge in [-0.25, -0.2) is 0 Å². The molecule has 0 fully saturated rings. The van der Waals surface area contributed by atoms with Gasteiger partial charge in [0.1, 0.15) is 0 Å². The van der Waals surface area contributed by atoms with Crippen LogP contribution in [-0.4, -0.2) is 18.8 Å². The van der Waals surface area contributed by atoms with Gasteiger partial charge >= 0.3 is 0 Å². The van der Waals surface area contributed by atoms with Gasteiger partial charge < -0.3 is 4.90 Å². The maximum Gasteiger partial charge on any atom is 0.238 e. The average Bonchev–Trinajstić information content (AvgIpc) is 2.51. The van der Waals surface area contributed by atoms with E-state index in [-0.39, 0.29) is 5.91 Å². The number of rotatable bonds is 2. The maximum absolute atomic E-state index is 12.2. The van der Waals surface area contributed by atoms with Crippen LogP contribution in [0, 0.1) is 0 Å². The Morgan fingerprint density at radius 3 is 2.67 bits per heavy atom. The van der Waals surface area contributed by atoms with Crippen LogP contribution >= 0.6 is 11.6 Å². The van der Waals surface area contributed by atoms with Crippen LogP contribution in [0.25, 0.3) is 0 Å². The second kappa shape index (κ2) is 3.53. The molecular weight excluding hydrogens is 210 g/mol. The normalized spacial score (nSPS) is 24.5. The summed E-state index contributed by atoms with van der Waals surface area (Å²) >= 11 is 6.01. The van der Waals surface area contributed by atoms with E-state index in [1.54, 1.807) is 4.90 Å². The molecule has 0 aliphatic carbocycles. The SMILES string of the molecule is CC[C@@]1(CCl)C(=O)N(C)c2ccccc21. The van der Waals surface area contributed by atoms with Crippen LogP contribution in [-0.2, 0) is 10.2 Å². The fourth-order valence-electron chi connectivity index (χ4n) is 2.28. The Kier molecular flexibility index (Phi) is 2.47. The molecule has 0 saturated carbocycles. The average molecular weight is 224 g/mol. The molecule has 0 saturated heterocycles.